The summed E-state index contributed by atoms with van der Waals surface area (Å²) < 4.78 is 0. The molecule has 2 aromatic rings. The first kappa shape index (κ1) is 16.0. The van der Waals surface area contributed by atoms with Crippen LogP contribution in [0.5, 0.6) is 0 Å². The van der Waals surface area contributed by atoms with Crippen LogP contribution in [0.15, 0.2) is 42.5 Å². The zero-order chi connectivity index (χ0) is 17.4. The smallest absolute Gasteiger partial charge is 0.251 e. The molecule has 2 amide bonds. The molecule has 0 bridgehead atoms. The molecule has 0 unspecified atom stereocenters. The number of carbonyl (C=O) groups excluding carboxylic acids is 2. The molecule has 0 aromatic heterocycles. The monoisotopic (exact) mass is 355 g/mol. The van der Waals surface area contributed by atoms with E-state index in [0.29, 0.717) is 22.8 Å². The van der Waals surface area contributed by atoms with Crippen LogP contribution in [0.1, 0.15) is 28.8 Å². The van der Waals surface area contributed by atoms with Crippen LogP contribution in [0.4, 0.5) is 11.4 Å². The maximum absolute atomic E-state index is 12.4. The van der Waals surface area contributed by atoms with Gasteiger partial charge in [-0.25, -0.2) is 0 Å². The number of benzene rings is 2. The first-order valence-electron chi connectivity index (χ1n) is 8.36. The lowest BCUT2D eigenvalue weighted by Crippen LogP contribution is -2.44. The van der Waals surface area contributed by atoms with E-state index in [4.69, 9.17) is 11.6 Å². The van der Waals surface area contributed by atoms with Gasteiger partial charge < -0.3 is 15.5 Å². The molecule has 2 aromatic carbocycles. The van der Waals surface area contributed by atoms with E-state index in [1.807, 2.05) is 24.3 Å². The van der Waals surface area contributed by atoms with Crippen molar-refractivity contribution in [3.63, 3.8) is 0 Å². The average Bonchev–Trinajstić information content (AvgIpc) is 3.11. The van der Waals surface area contributed by atoms with E-state index in [0.717, 1.165) is 30.6 Å². The zero-order valence-corrected chi connectivity index (χ0v) is 14.3. The van der Waals surface area contributed by atoms with Crippen LogP contribution in [-0.2, 0) is 11.3 Å². The quantitative estimate of drug-likeness (QED) is 0.888. The first-order valence-corrected chi connectivity index (χ1v) is 8.74. The topological polar surface area (TPSA) is 61.4 Å². The Hall–Kier alpha value is -2.53. The van der Waals surface area contributed by atoms with Crippen molar-refractivity contribution in [3.8, 4) is 0 Å². The van der Waals surface area contributed by atoms with Crippen molar-refractivity contribution in [1.29, 1.82) is 0 Å². The van der Waals surface area contributed by atoms with Crippen LogP contribution in [0.2, 0.25) is 5.02 Å². The summed E-state index contributed by atoms with van der Waals surface area (Å²) in [6, 6.07) is 12.8. The predicted octanol–water partition coefficient (Wildman–Crippen LogP) is 3.19. The summed E-state index contributed by atoms with van der Waals surface area (Å²) in [6.07, 6.45) is 1.90. The van der Waals surface area contributed by atoms with Crippen molar-refractivity contribution in [1.82, 2.24) is 5.32 Å². The molecule has 4 rings (SSSR count). The zero-order valence-electron chi connectivity index (χ0n) is 13.6. The molecule has 25 heavy (non-hydrogen) atoms. The highest BCUT2D eigenvalue weighted by molar-refractivity contribution is 6.30. The first-order chi connectivity index (χ1) is 12.1. The highest BCUT2D eigenvalue weighted by Crippen LogP contribution is 2.37. The van der Waals surface area contributed by atoms with Gasteiger partial charge in [-0.1, -0.05) is 23.7 Å². The molecule has 2 aliphatic rings. The van der Waals surface area contributed by atoms with Crippen molar-refractivity contribution in [2.45, 2.75) is 25.4 Å². The van der Waals surface area contributed by atoms with Crippen LogP contribution >= 0.6 is 11.6 Å². The SMILES string of the molecule is O=C(NCc1ccc(Cl)cc1)c1ccc2c(c1)NC(=O)[C@@H]1CCCN21. The van der Waals surface area contributed by atoms with Crippen molar-refractivity contribution in [2.75, 3.05) is 16.8 Å². The Balaban J connectivity index is 1.49. The third kappa shape index (κ3) is 3.07. The number of hydrogen-bond donors (Lipinski definition) is 2. The molecule has 0 spiro atoms. The van der Waals surface area contributed by atoms with E-state index in [1.54, 1.807) is 18.2 Å². The Labute approximate surface area is 151 Å². The van der Waals surface area contributed by atoms with Gasteiger partial charge in [-0.15, -0.1) is 0 Å². The molecular formula is C19H18ClN3O2. The van der Waals surface area contributed by atoms with Crippen LogP contribution < -0.4 is 15.5 Å². The van der Waals surface area contributed by atoms with E-state index in [9.17, 15) is 9.59 Å². The Morgan fingerprint density at radius 2 is 2.04 bits per heavy atom. The van der Waals surface area contributed by atoms with Crippen LogP contribution in [0.25, 0.3) is 0 Å². The van der Waals surface area contributed by atoms with E-state index < -0.39 is 0 Å². The lowest BCUT2D eigenvalue weighted by atomic mass is 10.1. The number of hydrogen-bond acceptors (Lipinski definition) is 3. The number of amides is 2. The van der Waals surface area contributed by atoms with Gasteiger partial charge >= 0.3 is 0 Å². The lowest BCUT2D eigenvalue weighted by molar-refractivity contribution is -0.117. The minimum absolute atomic E-state index is 0.0173. The number of rotatable bonds is 3. The number of nitrogens with one attached hydrogen (secondary N) is 2. The van der Waals surface area contributed by atoms with Gasteiger partial charge in [0.2, 0.25) is 5.91 Å². The van der Waals surface area contributed by atoms with E-state index in [-0.39, 0.29) is 17.9 Å². The molecule has 2 N–H and O–H groups in total. The minimum atomic E-state index is -0.171. The Bertz CT molecular complexity index is 835. The maximum Gasteiger partial charge on any atom is 0.251 e. The molecule has 128 valence electrons. The molecule has 6 heteroatoms. The van der Waals surface area contributed by atoms with Crippen LogP contribution in [0.3, 0.4) is 0 Å². The average molecular weight is 356 g/mol. The standard InChI is InChI=1S/C19H18ClN3O2/c20-14-6-3-12(4-7-14)11-21-18(24)13-5-8-16-15(10-13)22-19(25)17-2-1-9-23(16)17/h3-8,10,17H,1-2,9,11H2,(H,21,24)(H,22,25)/t17-/m0/s1. The Kier molecular flexibility index (Phi) is 4.09. The fourth-order valence-corrected chi connectivity index (χ4v) is 3.58. The molecular weight excluding hydrogens is 338 g/mol. The van der Waals surface area contributed by atoms with Gasteiger partial charge in [-0.2, -0.15) is 0 Å². The summed E-state index contributed by atoms with van der Waals surface area (Å²) in [5.41, 5.74) is 3.22. The van der Waals surface area contributed by atoms with Crippen molar-refractivity contribution in [2.24, 2.45) is 0 Å². The van der Waals surface area contributed by atoms with E-state index in [1.165, 1.54) is 0 Å². The summed E-state index contributed by atoms with van der Waals surface area (Å²) in [4.78, 5) is 26.7. The molecule has 2 aliphatic heterocycles. The summed E-state index contributed by atoms with van der Waals surface area (Å²) in [7, 11) is 0. The molecule has 1 fully saturated rings. The molecule has 0 radical (unpaired) electrons. The summed E-state index contributed by atoms with van der Waals surface area (Å²) in [5, 5.41) is 6.49. The molecule has 0 aliphatic carbocycles. The van der Waals surface area contributed by atoms with E-state index in [2.05, 4.69) is 15.5 Å². The minimum Gasteiger partial charge on any atom is -0.358 e. The predicted molar refractivity (Wildman–Crippen MR) is 98.1 cm³/mol. The van der Waals surface area contributed by atoms with Gasteiger partial charge in [0, 0.05) is 23.7 Å². The van der Waals surface area contributed by atoms with Gasteiger partial charge in [0.05, 0.1) is 11.4 Å². The largest absolute Gasteiger partial charge is 0.358 e. The molecule has 2 heterocycles. The fraction of sp³-hybridized carbons (Fsp3) is 0.263. The lowest BCUT2D eigenvalue weighted by Gasteiger charge is -2.33. The van der Waals surface area contributed by atoms with Gasteiger partial charge in [0.25, 0.3) is 5.91 Å². The van der Waals surface area contributed by atoms with Crippen LogP contribution in [-0.4, -0.2) is 24.4 Å². The molecule has 0 saturated carbocycles. The van der Waals surface area contributed by atoms with E-state index >= 15 is 0 Å². The number of anilines is 2. The molecule has 5 nitrogen and oxygen atoms in total. The molecule has 1 saturated heterocycles. The number of nitrogens with zero attached hydrogens (tertiary/aromatic N) is 1. The van der Waals surface area contributed by atoms with Crippen molar-refractivity contribution in [3.05, 3.63) is 58.6 Å². The number of fused-ring (bicyclic) bond motifs is 3. The van der Waals surface area contributed by atoms with Crippen molar-refractivity contribution < 1.29 is 9.59 Å². The third-order valence-corrected chi connectivity index (χ3v) is 5.00. The highest BCUT2D eigenvalue weighted by atomic mass is 35.5. The number of carbonyl (C=O) groups is 2. The summed E-state index contributed by atoms with van der Waals surface area (Å²) >= 11 is 5.86. The fourth-order valence-electron chi connectivity index (χ4n) is 3.46. The Morgan fingerprint density at radius 1 is 1.24 bits per heavy atom. The number of halogens is 1. The van der Waals surface area contributed by atoms with Gasteiger partial charge in [0.15, 0.2) is 0 Å². The maximum atomic E-state index is 12.4. The van der Waals surface area contributed by atoms with Crippen molar-refractivity contribution >= 4 is 34.8 Å². The Morgan fingerprint density at radius 3 is 2.84 bits per heavy atom. The second kappa shape index (κ2) is 6.41. The van der Waals surface area contributed by atoms with Gasteiger partial charge in [0.1, 0.15) is 6.04 Å². The second-order valence-corrected chi connectivity index (χ2v) is 6.82. The van der Waals surface area contributed by atoms with Gasteiger partial charge in [-0.3, -0.25) is 9.59 Å². The highest BCUT2D eigenvalue weighted by Gasteiger charge is 2.36. The van der Waals surface area contributed by atoms with Gasteiger partial charge in [-0.05, 0) is 48.7 Å². The van der Waals surface area contributed by atoms with Crippen LogP contribution in [0, 0.1) is 0 Å². The molecule has 1 atom stereocenters. The second-order valence-electron chi connectivity index (χ2n) is 6.38. The normalized spacial score (nSPS) is 18.4. The summed E-state index contributed by atoms with van der Waals surface area (Å²) in [5.74, 6) is -0.153. The summed E-state index contributed by atoms with van der Waals surface area (Å²) in [6.45, 7) is 1.31. The third-order valence-electron chi connectivity index (χ3n) is 4.75.